The Morgan fingerprint density at radius 1 is 1.20 bits per heavy atom. The zero-order valence-electron chi connectivity index (χ0n) is 11.8. The fraction of sp³-hybridized carbons (Fsp3) is 0.467. The Kier molecular flexibility index (Phi) is 4.61. The standard InChI is InChI=1S/C15H20N2O3/c1-10(2)20-13-7-3-11(4-8-13)9-16-14(18)15(19)17-12-5-6-12/h3-4,7-8,10,12H,5-6,9H2,1-2H3,(H,16,18)(H,17,19). The quantitative estimate of drug-likeness (QED) is 0.798. The Morgan fingerprint density at radius 3 is 2.40 bits per heavy atom. The Balaban J connectivity index is 1.77. The second-order valence-corrected chi connectivity index (χ2v) is 5.24. The predicted octanol–water partition coefficient (Wildman–Crippen LogP) is 1.37. The molecule has 0 atom stereocenters. The number of ether oxygens (including phenoxy) is 1. The van der Waals surface area contributed by atoms with Crippen molar-refractivity contribution in [1.29, 1.82) is 0 Å². The number of carbonyl (C=O) groups excluding carboxylic acids is 2. The van der Waals surface area contributed by atoms with Crippen molar-refractivity contribution in [3.8, 4) is 5.75 Å². The Hall–Kier alpha value is -2.04. The third kappa shape index (κ3) is 4.57. The van der Waals surface area contributed by atoms with Crippen molar-refractivity contribution < 1.29 is 14.3 Å². The number of amides is 2. The second kappa shape index (κ2) is 6.41. The minimum atomic E-state index is -0.584. The highest BCUT2D eigenvalue weighted by Crippen LogP contribution is 2.18. The summed E-state index contributed by atoms with van der Waals surface area (Å²) in [7, 11) is 0. The van der Waals surface area contributed by atoms with E-state index in [-0.39, 0.29) is 12.1 Å². The van der Waals surface area contributed by atoms with Gasteiger partial charge in [-0.15, -0.1) is 0 Å². The van der Waals surface area contributed by atoms with Crippen molar-refractivity contribution in [1.82, 2.24) is 10.6 Å². The van der Waals surface area contributed by atoms with Crippen LogP contribution in [-0.4, -0.2) is 24.0 Å². The maximum absolute atomic E-state index is 11.5. The van der Waals surface area contributed by atoms with E-state index >= 15 is 0 Å². The van der Waals surface area contributed by atoms with Gasteiger partial charge in [-0.2, -0.15) is 0 Å². The lowest BCUT2D eigenvalue weighted by atomic mass is 10.2. The lowest BCUT2D eigenvalue weighted by Crippen LogP contribution is -2.40. The normalized spacial score (nSPS) is 13.9. The number of rotatable bonds is 5. The van der Waals surface area contributed by atoms with Gasteiger partial charge in [0.25, 0.3) is 0 Å². The molecule has 1 aromatic rings. The first-order chi connectivity index (χ1) is 9.54. The monoisotopic (exact) mass is 276 g/mol. The molecule has 0 aromatic heterocycles. The molecule has 1 aliphatic rings. The van der Waals surface area contributed by atoms with Crippen LogP contribution in [0.2, 0.25) is 0 Å². The van der Waals surface area contributed by atoms with Crippen LogP contribution in [0, 0.1) is 0 Å². The Morgan fingerprint density at radius 2 is 1.85 bits per heavy atom. The molecular formula is C15H20N2O3. The molecule has 1 aliphatic carbocycles. The topological polar surface area (TPSA) is 67.4 Å². The van der Waals surface area contributed by atoms with Crippen LogP contribution in [0.3, 0.4) is 0 Å². The van der Waals surface area contributed by atoms with E-state index in [0.717, 1.165) is 24.2 Å². The van der Waals surface area contributed by atoms with Crippen molar-refractivity contribution >= 4 is 11.8 Å². The molecule has 5 nitrogen and oxygen atoms in total. The van der Waals surface area contributed by atoms with Crippen LogP contribution in [0.15, 0.2) is 24.3 Å². The third-order valence-corrected chi connectivity index (χ3v) is 2.87. The summed E-state index contributed by atoms with van der Waals surface area (Å²) in [5.41, 5.74) is 0.925. The fourth-order valence-electron chi connectivity index (χ4n) is 1.70. The maximum Gasteiger partial charge on any atom is 0.309 e. The van der Waals surface area contributed by atoms with Crippen molar-refractivity contribution in [2.75, 3.05) is 0 Å². The van der Waals surface area contributed by atoms with Crippen molar-refractivity contribution in [2.24, 2.45) is 0 Å². The summed E-state index contributed by atoms with van der Waals surface area (Å²) in [6.45, 7) is 4.26. The van der Waals surface area contributed by atoms with Gasteiger partial charge in [-0.3, -0.25) is 9.59 Å². The molecule has 0 bridgehead atoms. The first-order valence-electron chi connectivity index (χ1n) is 6.89. The second-order valence-electron chi connectivity index (χ2n) is 5.24. The minimum absolute atomic E-state index is 0.131. The van der Waals surface area contributed by atoms with E-state index in [1.54, 1.807) is 0 Å². The van der Waals surface area contributed by atoms with Gasteiger partial charge in [0.1, 0.15) is 5.75 Å². The average Bonchev–Trinajstić information content (AvgIpc) is 3.20. The van der Waals surface area contributed by atoms with E-state index in [4.69, 9.17) is 4.74 Å². The number of hydrogen-bond donors (Lipinski definition) is 2. The summed E-state index contributed by atoms with van der Waals surface area (Å²) >= 11 is 0. The van der Waals surface area contributed by atoms with E-state index in [1.165, 1.54) is 0 Å². The average molecular weight is 276 g/mol. The molecule has 0 spiro atoms. The maximum atomic E-state index is 11.5. The molecule has 0 saturated heterocycles. The summed E-state index contributed by atoms with van der Waals surface area (Å²) in [6, 6.07) is 7.64. The van der Waals surface area contributed by atoms with Crippen LogP contribution in [0.4, 0.5) is 0 Å². The zero-order chi connectivity index (χ0) is 14.5. The molecule has 1 saturated carbocycles. The Bertz CT molecular complexity index is 478. The van der Waals surface area contributed by atoms with Crippen LogP contribution in [0.5, 0.6) is 5.75 Å². The van der Waals surface area contributed by atoms with Crippen molar-refractivity contribution in [2.45, 2.75) is 45.4 Å². The molecule has 5 heteroatoms. The van der Waals surface area contributed by atoms with Gasteiger partial charge in [0.05, 0.1) is 6.10 Å². The lowest BCUT2D eigenvalue weighted by molar-refractivity contribution is -0.139. The van der Waals surface area contributed by atoms with E-state index in [9.17, 15) is 9.59 Å². The van der Waals surface area contributed by atoms with E-state index in [0.29, 0.717) is 6.54 Å². The molecule has 0 radical (unpaired) electrons. The molecule has 0 unspecified atom stereocenters. The van der Waals surface area contributed by atoms with Gasteiger partial charge in [0.2, 0.25) is 0 Å². The van der Waals surface area contributed by atoms with Gasteiger partial charge < -0.3 is 15.4 Å². The van der Waals surface area contributed by atoms with Crippen molar-refractivity contribution in [3.05, 3.63) is 29.8 Å². The Labute approximate surface area is 118 Å². The smallest absolute Gasteiger partial charge is 0.309 e. The number of nitrogens with one attached hydrogen (secondary N) is 2. The van der Waals surface area contributed by atoms with Crippen LogP contribution < -0.4 is 15.4 Å². The van der Waals surface area contributed by atoms with Crippen molar-refractivity contribution in [3.63, 3.8) is 0 Å². The summed E-state index contributed by atoms with van der Waals surface area (Å²) in [5.74, 6) is -0.340. The summed E-state index contributed by atoms with van der Waals surface area (Å²) < 4.78 is 5.53. The predicted molar refractivity (Wildman–Crippen MR) is 75.2 cm³/mol. The number of carbonyl (C=O) groups is 2. The number of hydrogen-bond acceptors (Lipinski definition) is 3. The molecular weight excluding hydrogens is 256 g/mol. The van der Waals surface area contributed by atoms with Crippen LogP contribution >= 0.6 is 0 Å². The molecule has 2 rings (SSSR count). The van der Waals surface area contributed by atoms with Gasteiger partial charge in [0, 0.05) is 12.6 Å². The summed E-state index contributed by atoms with van der Waals surface area (Å²) in [5, 5.41) is 5.25. The highest BCUT2D eigenvalue weighted by atomic mass is 16.5. The fourth-order valence-corrected chi connectivity index (χ4v) is 1.70. The van der Waals surface area contributed by atoms with Crippen LogP contribution in [0.25, 0.3) is 0 Å². The van der Waals surface area contributed by atoms with Crippen LogP contribution in [-0.2, 0) is 16.1 Å². The molecule has 0 heterocycles. The third-order valence-electron chi connectivity index (χ3n) is 2.87. The van der Waals surface area contributed by atoms with Gasteiger partial charge >= 0.3 is 11.8 Å². The zero-order valence-corrected chi connectivity index (χ0v) is 11.8. The van der Waals surface area contributed by atoms with Gasteiger partial charge in [-0.25, -0.2) is 0 Å². The first-order valence-corrected chi connectivity index (χ1v) is 6.89. The highest BCUT2D eigenvalue weighted by Gasteiger charge is 2.26. The molecule has 20 heavy (non-hydrogen) atoms. The molecule has 1 aromatic carbocycles. The largest absolute Gasteiger partial charge is 0.491 e. The van der Waals surface area contributed by atoms with E-state index in [1.807, 2.05) is 38.1 Å². The summed E-state index contributed by atoms with van der Waals surface area (Å²) in [6.07, 6.45) is 2.07. The van der Waals surface area contributed by atoms with E-state index in [2.05, 4.69) is 10.6 Å². The van der Waals surface area contributed by atoms with Crippen LogP contribution in [0.1, 0.15) is 32.3 Å². The molecule has 1 fully saturated rings. The van der Waals surface area contributed by atoms with Gasteiger partial charge in [-0.05, 0) is 44.4 Å². The molecule has 0 aliphatic heterocycles. The SMILES string of the molecule is CC(C)Oc1ccc(CNC(=O)C(=O)NC2CC2)cc1. The van der Waals surface area contributed by atoms with Gasteiger partial charge in [-0.1, -0.05) is 12.1 Å². The molecule has 108 valence electrons. The minimum Gasteiger partial charge on any atom is -0.491 e. The highest BCUT2D eigenvalue weighted by molar-refractivity contribution is 6.35. The van der Waals surface area contributed by atoms with E-state index < -0.39 is 11.8 Å². The van der Waals surface area contributed by atoms with Gasteiger partial charge in [0.15, 0.2) is 0 Å². The number of benzene rings is 1. The summed E-state index contributed by atoms with van der Waals surface area (Å²) in [4.78, 5) is 23.0. The molecule has 2 N–H and O–H groups in total. The first kappa shape index (κ1) is 14.4. The lowest BCUT2D eigenvalue weighted by Gasteiger charge is -2.10. The molecule has 2 amide bonds.